The number of benzene rings is 2. The van der Waals surface area contributed by atoms with Crippen LogP contribution in [0, 0.1) is 12.7 Å². The van der Waals surface area contributed by atoms with E-state index in [2.05, 4.69) is 15.4 Å². The molecule has 0 saturated heterocycles. The third-order valence-electron chi connectivity index (χ3n) is 4.54. The van der Waals surface area contributed by atoms with E-state index in [4.69, 9.17) is 0 Å². The monoisotopic (exact) mass is 386 g/mol. The van der Waals surface area contributed by atoms with Gasteiger partial charge in [-0.15, -0.1) is 0 Å². The van der Waals surface area contributed by atoms with Gasteiger partial charge in [-0.1, -0.05) is 18.2 Å². The molecule has 1 amide bonds. The van der Waals surface area contributed by atoms with Crippen molar-refractivity contribution in [2.24, 2.45) is 0 Å². The van der Waals surface area contributed by atoms with Crippen LogP contribution in [0.4, 0.5) is 4.39 Å². The number of hydrogen-bond acceptors (Lipinski definition) is 3. The molecule has 0 aliphatic rings. The quantitative estimate of drug-likeness (QED) is 0.556. The Morgan fingerprint density at radius 1 is 1.03 bits per heavy atom. The first-order valence-corrected chi connectivity index (χ1v) is 9.21. The highest BCUT2D eigenvalue weighted by Crippen LogP contribution is 2.24. The number of hydrogen-bond donors (Lipinski definition) is 1. The van der Waals surface area contributed by atoms with Crippen LogP contribution in [-0.4, -0.2) is 20.7 Å². The van der Waals surface area contributed by atoms with Gasteiger partial charge in [0.15, 0.2) is 0 Å². The van der Waals surface area contributed by atoms with Crippen LogP contribution in [0.5, 0.6) is 0 Å². The van der Waals surface area contributed by atoms with Gasteiger partial charge in [0.2, 0.25) is 0 Å². The van der Waals surface area contributed by atoms with E-state index in [1.165, 1.54) is 12.1 Å². The molecule has 6 heteroatoms. The normalized spacial score (nSPS) is 10.7. The van der Waals surface area contributed by atoms with Crippen molar-refractivity contribution in [1.82, 2.24) is 20.1 Å². The summed E-state index contributed by atoms with van der Waals surface area (Å²) in [5.74, 6) is -0.520. The molecule has 5 nitrogen and oxygen atoms in total. The van der Waals surface area contributed by atoms with Gasteiger partial charge in [0.05, 0.1) is 16.9 Å². The van der Waals surface area contributed by atoms with Crippen molar-refractivity contribution < 1.29 is 9.18 Å². The minimum atomic E-state index is -0.307. The summed E-state index contributed by atoms with van der Waals surface area (Å²) in [6.07, 6.45) is 3.43. The van der Waals surface area contributed by atoms with Gasteiger partial charge in [0.25, 0.3) is 5.91 Å². The number of amides is 1. The number of halogens is 1. The van der Waals surface area contributed by atoms with Gasteiger partial charge in [0.1, 0.15) is 5.82 Å². The summed E-state index contributed by atoms with van der Waals surface area (Å²) in [6.45, 7) is 2.15. The lowest BCUT2D eigenvalue weighted by Crippen LogP contribution is -2.23. The molecule has 4 aromatic rings. The fraction of sp³-hybridized carbons (Fsp3) is 0.0870. The van der Waals surface area contributed by atoms with Crippen LogP contribution in [0.25, 0.3) is 16.9 Å². The standard InChI is InChI=1S/C23H19FN4O/c1-16-7-8-18(13-25-16)23(29)26-14-19-15-28(21-5-3-2-4-6-21)27-22(19)17-9-11-20(24)12-10-17/h2-13,15H,14H2,1H3,(H,26,29). The minimum absolute atomic E-state index is 0.213. The first-order chi connectivity index (χ1) is 14.1. The molecule has 0 aliphatic heterocycles. The molecular weight excluding hydrogens is 367 g/mol. The number of nitrogens with one attached hydrogen (secondary N) is 1. The molecule has 0 radical (unpaired) electrons. The molecule has 0 spiro atoms. The van der Waals surface area contributed by atoms with E-state index in [9.17, 15) is 9.18 Å². The first kappa shape index (κ1) is 18.6. The second kappa shape index (κ2) is 8.06. The Kier molecular flexibility index (Phi) is 5.16. The molecule has 4 rings (SSSR count). The summed E-state index contributed by atoms with van der Waals surface area (Å²) in [6, 6.07) is 19.4. The predicted octanol–water partition coefficient (Wildman–Crippen LogP) is 4.31. The molecule has 0 fully saturated rings. The summed E-state index contributed by atoms with van der Waals surface area (Å²) in [7, 11) is 0. The topological polar surface area (TPSA) is 59.8 Å². The van der Waals surface area contributed by atoms with Gasteiger partial charge in [-0.2, -0.15) is 5.10 Å². The number of pyridine rings is 1. The zero-order valence-electron chi connectivity index (χ0n) is 15.8. The second-order valence-corrected chi connectivity index (χ2v) is 6.66. The average Bonchev–Trinajstić information content (AvgIpc) is 3.18. The van der Waals surface area contributed by atoms with E-state index >= 15 is 0 Å². The third kappa shape index (κ3) is 4.21. The van der Waals surface area contributed by atoms with Crippen LogP contribution in [0.2, 0.25) is 0 Å². The zero-order chi connectivity index (χ0) is 20.2. The van der Waals surface area contributed by atoms with Crippen LogP contribution in [0.15, 0.2) is 79.1 Å². The summed E-state index contributed by atoms with van der Waals surface area (Å²) in [5, 5.41) is 7.59. The van der Waals surface area contributed by atoms with Crippen molar-refractivity contribution >= 4 is 5.91 Å². The number of carbonyl (C=O) groups is 1. The summed E-state index contributed by atoms with van der Waals surface area (Å²) in [4.78, 5) is 16.6. The van der Waals surface area contributed by atoms with Crippen molar-refractivity contribution in [2.45, 2.75) is 13.5 Å². The maximum absolute atomic E-state index is 13.4. The number of carbonyl (C=O) groups excluding carboxylic acids is 1. The summed E-state index contributed by atoms with van der Waals surface area (Å²) < 4.78 is 15.1. The van der Waals surface area contributed by atoms with Gasteiger partial charge in [-0.05, 0) is 55.5 Å². The van der Waals surface area contributed by atoms with Gasteiger partial charge >= 0.3 is 0 Å². The van der Waals surface area contributed by atoms with Crippen LogP contribution < -0.4 is 5.32 Å². The molecule has 0 bridgehead atoms. The largest absolute Gasteiger partial charge is 0.348 e. The lowest BCUT2D eigenvalue weighted by Gasteiger charge is -2.06. The highest BCUT2D eigenvalue weighted by atomic mass is 19.1. The Balaban J connectivity index is 1.63. The molecule has 144 valence electrons. The van der Waals surface area contributed by atoms with Crippen LogP contribution in [0.3, 0.4) is 0 Å². The minimum Gasteiger partial charge on any atom is -0.348 e. The second-order valence-electron chi connectivity index (χ2n) is 6.66. The average molecular weight is 386 g/mol. The van der Waals surface area contributed by atoms with E-state index in [-0.39, 0.29) is 18.3 Å². The molecule has 0 atom stereocenters. The lowest BCUT2D eigenvalue weighted by atomic mass is 10.1. The fourth-order valence-corrected chi connectivity index (χ4v) is 2.98. The fourth-order valence-electron chi connectivity index (χ4n) is 2.98. The van der Waals surface area contributed by atoms with Crippen LogP contribution in [0.1, 0.15) is 21.6 Å². The third-order valence-corrected chi connectivity index (χ3v) is 4.54. The van der Waals surface area contributed by atoms with Crippen LogP contribution >= 0.6 is 0 Å². The molecular formula is C23H19FN4O. The van der Waals surface area contributed by atoms with Crippen molar-refractivity contribution in [3.05, 3.63) is 102 Å². The molecule has 2 aromatic heterocycles. The molecule has 29 heavy (non-hydrogen) atoms. The smallest absolute Gasteiger partial charge is 0.253 e. The molecule has 2 heterocycles. The molecule has 1 N–H and O–H groups in total. The van der Waals surface area contributed by atoms with Crippen molar-refractivity contribution in [3.8, 4) is 16.9 Å². The first-order valence-electron chi connectivity index (χ1n) is 9.21. The Hall–Kier alpha value is -3.80. The Labute approximate surface area is 167 Å². The lowest BCUT2D eigenvalue weighted by molar-refractivity contribution is 0.0950. The number of aromatic nitrogens is 3. The van der Waals surface area contributed by atoms with E-state index in [1.807, 2.05) is 43.5 Å². The van der Waals surface area contributed by atoms with Crippen LogP contribution in [-0.2, 0) is 6.54 Å². The van der Waals surface area contributed by atoms with Gasteiger partial charge in [0, 0.05) is 35.8 Å². The Morgan fingerprint density at radius 2 is 1.79 bits per heavy atom. The molecule has 0 aliphatic carbocycles. The van der Waals surface area contributed by atoms with E-state index < -0.39 is 0 Å². The molecule has 0 saturated carbocycles. The SMILES string of the molecule is Cc1ccc(C(=O)NCc2cn(-c3ccccc3)nc2-c2ccc(F)cc2)cn1. The van der Waals surface area contributed by atoms with Crippen molar-refractivity contribution in [3.63, 3.8) is 0 Å². The number of rotatable bonds is 5. The number of para-hydroxylation sites is 1. The van der Waals surface area contributed by atoms with E-state index in [0.717, 1.165) is 22.5 Å². The Morgan fingerprint density at radius 3 is 2.48 bits per heavy atom. The van der Waals surface area contributed by atoms with E-state index in [0.29, 0.717) is 11.3 Å². The van der Waals surface area contributed by atoms with Crippen molar-refractivity contribution in [1.29, 1.82) is 0 Å². The molecule has 2 aromatic carbocycles. The summed E-state index contributed by atoms with van der Waals surface area (Å²) >= 11 is 0. The highest BCUT2D eigenvalue weighted by molar-refractivity contribution is 5.93. The Bertz CT molecular complexity index is 1120. The highest BCUT2D eigenvalue weighted by Gasteiger charge is 2.14. The van der Waals surface area contributed by atoms with Gasteiger partial charge in [-0.3, -0.25) is 9.78 Å². The predicted molar refractivity (Wildman–Crippen MR) is 109 cm³/mol. The number of aryl methyl sites for hydroxylation is 1. The van der Waals surface area contributed by atoms with Gasteiger partial charge in [-0.25, -0.2) is 9.07 Å². The zero-order valence-corrected chi connectivity index (χ0v) is 15.8. The van der Waals surface area contributed by atoms with E-state index in [1.54, 1.807) is 35.1 Å². The maximum Gasteiger partial charge on any atom is 0.253 e. The summed E-state index contributed by atoms with van der Waals surface area (Å²) in [5.41, 5.74) is 4.54. The van der Waals surface area contributed by atoms with Gasteiger partial charge < -0.3 is 5.32 Å². The number of nitrogens with zero attached hydrogens (tertiary/aromatic N) is 3. The molecule has 0 unspecified atom stereocenters. The maximum atomic E-state index is 13.4. The van der Waals surface area contributed by atoms with Crippen molar-refractivity contribution in [2.75, 3.05) is 0 Å².